The number of halogens is 4. The van der Waals surface area contributed by atoms with Crippen LogP contribution in [0.2, 0.25) is 5.02 Å². The second-order valence-electron chi connectivity index (χ2n) is 8.55. The van der Waals surface area contributed by atoms with Crippen molar-refractivity contribution in [1.29, 1.82) is 0 Å². The highest BCUT2D eigenvalue weighted by Crippen LogP contribution is 2.33. The van der Waals surface area contributed by atoms with Gasteiger partial charge in [-0.15, -0.1) is 0 Å². The summed E-state index contributed by atoms with van der Waals surface area (Å²) in [5.74, 6) is 0.259. The van der Waals surface area contributed by atoms with E-state index in [1.54, 1.807) is 12.0 Å². The van der Waals surface area contributed by atoms with Gasteiger partial charge in [0.25, 0.3) is 0 Å². The molecule has 0 spiro atoms. The summed E-state index contributed by atoms with van der Waals surface area (Å²) < 4.78 is 43.8. The molecule has 12 heteroatoms. The van der Waals surface area contributed by atoms with E-state index in [1.165, 1.54) is 0 Å². The van der Waals surface area contributed by atoms with Gasteiger partial charge in [-0.25, -0.2) is 4.79 Å². The first-order chi connectivity index (χ1) is 17.6. The lowest BCUT2D eigenvalue weighted by molar-refractivity contribution is -0.137. The molecule has 3 N–H and O–H groups in total. The number of likely N-dealkylation sites (tertiary alicyclic amines) is 1. The van der Waals surface area contributed by atoms with Gasteiger partial charge in [0.1, 0.15) is 5.75 Å². The Morgan fingerprint density at radius 3 is 2.49 bits per heavy atom. The van der Waals surface area contributed by atoms with Crippen LogP contribution in [0.5, 0.6) is 5.75 Å². The zero-order valence-corrected chi connectivity index (χ0v) is 20.9. The lowest BCUT2D eigenvalue weighted by atomic mass is 9.95. The van der Waals surface area contributed by atoms with Gasteiger partial charge in [0.2, 0.25) is 11.8 Å². The number of nitrogens with zero attached hydrogens (tertiary/aromatic N) is 1. The third-order valence-electron chi connectivity index (χ3n) is 5.99. The molecule has 0 atom stereocenters. The normalized spacial score (nSPS) is 14.1. The molecule has 1 heterocycles. The Bertz CT molecular complexity index is 1120. The van der Waals surface area contributed by atoms with Crippen LogP contribution in [0.25, 0.3) is 0 Å². The average Bonchev–Trinajstić information content (AvgIpc) is 2.88. The van der Waals surface area contributed by atoms with Crippen LogP contribution >= 0.6 is 11.6 Å². The zero-order chi connectivity index (χ0) is 27.0. The van der Waals surface area contributed by atoms with Crippen LogP contribution in [0.3, 0.4) is 0 Å². The third-order valence-corrected chi connectivity index (χ3v) is 6.32. The van der Waals surface area contributed by atoms with Crippen LogP contribution in [-0.2, 0) is 22.3 Å². The number of methoxy groups -OCH3 is 1. The van der Waals surface area contributed by atoms with Gasteiger partial charge in [0, 0.05) is 38.5 Å². The fourth-order valence-electron chi connectivity index (χ4n) is 3.91. The van der Waals surface area contributed by atoms with Crippen molar-refractivity contribution < 1.29 is 32.3 Å². The Morgan fingerprint density at radius 2 is 1.81 bits per heavy atom. The van der Waals surface area contributed by atoms with Crippen molar-refractivity contribution in [2.45, 2.75) is 32.0 Å². The summed E-state index contributed by atoms with van der Waals surface area (Å²) in [4.78, 5) is 38.7. The number of alkyl halides is 3. The topological polar surface area (TPSA) is 99.8 Å². The van der Waals surface area contributed by atoms with E-state index in [2.05, 4.69) is 16.0 Å². The minimum absolute atomic E-state index is 0.0104. The molecule has 2 aromatic carbocycles. The second-order valence-corrected chi connectivity index (χ2v) is 8.95. The van der Waals surface area contributed by atoms with E-state index in [9.17, 15) is 27.6 Å². The number of carbonyl (C=O) groups is 3. The van der Waals surface area contributed by atoms with E-state index in [1.807, 2.05) is 24.3 Å². The molecule has 3 rings (SSSR count). The third kappa shape index (κ3) is 8.28. The molecule has 0 aromatic heterocycles. The van der Waals surface area contributed by atoms with Crippen LogP contribution in [-0.4, -0.2) is 49.5 Å². The summed E-state index contributed by atoms with van der Waals surface area (Å²) in [6.45, 7) is 1.21. The molecule has 0 saturated carbocycles. The van der Waals surface area contributed by atoms with Gasteiger partial charge in [-0.2, -0.15) is 13.2 Å². The summed E-state index contributed by atoms with van der Waals surface area (Å²) in [6, 6.07) is 9.25. The van der Waals surface area contributed by atoms with Crippen LogP contribution in [0, 0.1) is 5.92 Å². The van der Waals surface area contributed by atoms with E-state index in [4.69, 9.17) is 16.3 Å². The zero-order valence-electron chi connectivity index (χ0n) is 20.2. The van der Waals surface area contributed by atoms with Crippen LogP contribution in [0.1, 0.15) is 30.4 Å². The van der Waals surface area contributed by atoms with Gasteiger partial charge in [-0.3, -0.25) is 9.59 Å². The van der Waals surface area contributed by atoms with E-state index in [-0.39, 0.29) is 41.4 Å². The Kier molecular flexibility index (Phi) is 9.62. The Morgan fingerprint density at radius 1 is 1.08 bits per heavy atom. The molecule has 2 aromatic rings. The smallest absolute Gasteiger partial charge is 0.416 e. The monoisotopic (exact) mass is 540 g/mol. The first-order valence-corrected chi connectivity index (χ1v) is 12.0. The van der Waals surface area contributed by atoms with E-state index < -0.39 is 17.8 Å². The lowest BCUT2D eigenvalue weighted by Crippen LogP contribution is -2.43. The number of urea groups is 1. The molecule has 8 nitrogen and oxygen atoms in total. The number of piperidine rings is 1. The largest absolute Gasteiger partial charge is 0.497 e. The predicted molar refractivity (Wildman–Crippen MR) is 132 cm³/mol. The molecule has 1 aliphatic heterocycles. The molecule has 4 amide bonds. The quantitative estimate of drug-likeness (QED) is 0.461. The Labute approximate surface area is 217 Å². The number of ether oxygens (including phenoxy) is 1. The van der Waals surface area contributed by atoms with E-state index >= 15 is 0 Å². The second kappa shape index (κ2) is 12.7. The molecule has 37 heavy (non-hydrogen) atoms. The van der Waals surface area contributed by atoms with Gasteiger partial charge in [0.15, 0.2) is 0 Å². The number of carbonyl (C=O) groups excluding carboxylic acids is 3. The molecule has 200 valence electrons. The number of hydrogen-bond donors (Lipinski definition) is 3. The van der Waals surface area contributed by atoms with E-state index in [0.717, 1.165) is 23.8 Å². The number of amides is 4. The maximum absolute atomic E-state index is 12.9. The summed E-state index contributed by atoms with van der Waals surface area (Å²) in [7, 11) is 1.58. The van der Waals surface area contributed by atoms with Crippen molar-refractivity contribution in [2.75, 3.05) is 32.1 Å². The molecular formula is C25H28ClF3N4O4. The molecule has 0 bridgehead atoms. The number of rotatable bonds is 8. The van der Waals surface area contributed by atoms with Crippen molar-refractivity contribution >= 4 is 35.1 Å². The first-order valence-electron chi connectivity index (χ1n) is 11.7. The number of hydrogen-bond acceptors (Lipinski definition) is 4. The molecular weight excluding hydrogens is 513 g/mol. The highest BCUT2D eigenvalue weighted by Gasteiger charge is 2.31. The highest BCUT2D eigenvalue weighted by atomic mass is 35.5. The van der Waals surface area contributed by atoms with Crippen LogP contribution in [0.4, 0.5) is 23.7 Å². The summed E-state index contributed by atoms with van der Waals surface area (Å²) in [5, 5.41) is 7.59. The van der Waals surface area contributed by atoms with Crippen molar-refractivity contribution in [1.82, 2.24) is 15.5 Å². The van der Waals surface area contributed by atoms with Gasteiger partial charge in [-0.05, 0) is 48.7 Å². The maximum atomic E-state index is 12.9. The van der Waals surface area contributed by atoms with Crippen LogP contribution < -0.4 is 20.7 Å². The first kappa shape index (κ1) is 28.1. The minimum atomic E-state index is -4.58. The van der Waals surface area contributed by atoms with Crippen LogP contribution in [0.15, 0.2) is 42.5 Å². The SMILES string of the molecule is COc1cccc(CNC(=O)C2CCN(C(=O)CCNC(=O)Nc3cc(C(F)(F)F)ccc3Cl)CC2)c1. The average molecular weight is 541 g/mol. The summed E-state index contributed by atoms with van der Waals surface area (Å²) in [6.07, 6.45) is -3.51. The number of nitrogens with one attached hydrogen (secondary N) is 3. The summed E-state index contributed by atoms with van der Waals surface area (Å²) in [5.41, 5.74) is -0.209. The predicted octanol–water partition coefficient (Wildman–Crippen LogP) is 4.43. The van der Waals surface area contributed by atoms with Gasteiger partial charge >= 0.3 is 12.2 Å². The molecule has 1 aliphatic rings. The number of benzene rings is 2. The maximum Gasteiger partial charge on any atom is 0.416 e. The lowest BCUT2D eigenvalue weighted by Gasteiger charge is -2.31. The molecule has 0 aliphatic carbocycles. The van der Waals surface area contributed by atoms with Gasteiger partial charge in [0.05, 0.1) is 23.4 Å². The summed E-state index contributed by atoms with van der Waals surface area (Å²) >= 11 is 5.87. The van der Waals surface area contributed by atoms with Crippen molar-refractivity contribution in [3.8, 4) is 5.75 Å². The standard InChI is InChI=1S/C25H28ClF3N4O4/c1-37-19-4-2-3-16(13-19)15-31-23(35)17-8-11-33(12-9-17)22(34)7-10-30-24(36)32-21-14-18(25(27,28)29)5-6-20(21)26/h2-6,13-14,17H,7-12,15H2,1H3,(H,31,35)(H2,30,32,36). The Hall–Kier alpha value is -3.47. The fraction of sp³-hybridized carbons (Fsp3) is 0.400. The van der Waals surface area contributed by atoms with Gasteiger partial charge in [-0.1, -0.05) is 23.7 Å². The van der Waals surface area contributed by atoms with Gasteiger partial charge < -0.3 is 25.6 Å². The van der Waals surface area contributed by atoms with Crippen molar-refractivity contribution in [3.05, 3.63) is 58.6 Å². The Balaban J connectivity index is 1.37. The molecule has 1 saturated heterocycles. The van der Waals surface area contributed by atoms with Crippen molar-refractivity contribution in [2.24, 2.45) is 5.92 Å². The fourth-order valence-corrected chi connectivity index (χ4v) is 4.08. The van der Waals surface area contributed by atoms with Crippen molar-refractivity contribution in [3.63, 3.8) is 0 Å². The number of anilines is 1. The minimum Gasteiger partial charge on any atom is -0.497 e. The molecule has 0 radical (unpaired) electrons. The van der Waals surface area contributed by atoms with E-state index in [0.29, 0.717) is 38.2 Å². The molecule has 0 unspecified atom stereocenters. The highest BCUT2D eigenvalue weighted by molar-refractivity contribution is 6.33. The molecule has 1 fully saturated rings.